The first-order chi connectivity index (χ1) is 5.79. The molecule has 0 saturated carbocycles. The molecule has 0 heterocycles. The third kappa shape index (κ3) is 1.38. The molecule has 0 fully saturated rings. The fourth-order valence-corrected chi connectivity index (χ4v) is 1.15. The molecule has 12 heavy (non-hydrogen) atoms. The Labute approximate surface area is 72.6 Å². The second-order valence-electron chi connectivity index (χ2n) is 2.36. The van der Waals surface area contributed by atoms with Gasteiger partial charge in [0.25, 0.3) is 0 Å². The minimum absolute atomic E-state index is 0.648. The summed E-state index contributed by atoms with van der Waals surface area (Å²) in [5.41, 5.74) is 0. The van der Waals surface area contributed by atoms with Crippen molar-refractivity contribution in [3.05, 3.63) is 30.4 Å². The average Bonchev–Trinajstić information content (AvgIpc) is 2.17. The summed E-state index contributed by atoms with van der Waals surface area (Å²) >= 11 is 0. The van der Waals surface area contributed by atoms with Gasteiger partial charge in [-0.25, -0.2) is 0 Å². The van der Waals surface area contributed by atoms with E-state index in [1.165, 1.54) is 0 Å². The Bertz CT molecular complexity index is 202. The molecule has 0 aromatic heterocycles. The highest BCUT2D eigenvalue weighted by Crippen LogP contribution is 2.27. The van der Waals surface area contributed by atoms with Gasteiger partial charge in [-0.2, -0.15) is 0 Å². The molecule has 0 aromatic rings. The van der Waals surface area contributed by atoms with Gasteiger partial charge in [0.1, 0.15) is 0 Å². The smallest absolute Gasteiger partial charge is 0.247 e. The molecule has 0 aromatic carbocycles. The molecule has 3 nitrogen and oxygen atoms in total. The Hall–Kier alpha value is -0.800. The van der Waals surface area contributed by atoms with Gasteiger partial charge in [0, 0.05) is 20.6 Å². The first kappa shape index (κ1) is 9.29. The number of hydrogen-bond donors (Lipinski definition) is 0. The second-order valence-corrected chi connectivity index (χ2v) is 2.36. The summed E-state index contributed by atoms with van der Waals surface area (Å²) in [7, 11) is 4.74. The van der Waals surface area contributed by atoms with Crippen molar-refractivity contribution >= 4 is 0 Å². The van der Waals surface area contributed by atoms with Crippen LogP contribution in [0.5, 0.6) is 0 Å². The summed E-state index contributed by atoms with van der Waals surface area (Å²) in [5, 5.41) is 0. The fourth-order valence-electron chi connectivity index (χ4n) is 1.15. The average molecular weight is 169 g/mol. The molecular weight excluding hydrogens is 156 g/mol. The highest BCUT2D eigenvalue weighted by Gasteiger charge is 2.34. The summed E-state index contributed by atoms with van der Waals surface area (Å²) < 4.78 is 15.5. The lowest BCUT2D eigenvalue weighted by molar-refractivity contribution is -0.166. The van der Waals surface area contributed by atoms with Crippen LogP contribution in [0.4, 0.5) is 0 Å². The van der Waals surface area contributed by atoms with Crippen LogP contribution in [0.1, 0.15) is 0 Å². The monoisotopic (exact) mass is 169 g/mol. The van der Waals surface area contributed by atoms with Crippen molar-refractivity contribution in [2.75, 3.05) is 21.3 Å². The van der Waals surface area contributed by atoms with Crippen molar-refractivity contribution in [2.45, 2.75) is 5.79 Å². The summed E-state index contributed by atoms with van der Waals surface area (Å²) in [6.07, 6.45) is 7.34. The molecule has 0 amide bonds. The van der Waals surface area contributed by atoms with E-state index in [0.29, 0.717) is 5.76 Å². The zero-order valence-electron chi connectivity index (χ0n) is 7.53. The van der Waals surface area contributed by atoms with Gasteiger partial charge in [0.15, 0.2) is 5.76 Å². The van der Waals surface area contributed by atoms with Crippen LogP contribution in [0, 0.1) is 6.42 Å². The second kappa shape index (κ2) is 3.74. The third-order valence-corrected chi connectivity index (χ3v) is 1.84. The standard InChI is InChI=1S/C9H13O3/c1-10-8-6-4-5-7-9(8,11-2)12-3/h4-7H,1-3H3. The van der Waals surface area contributed by atoms with Crippen LogP contribution in [-0.4, -0.2) is 27.1 Å². The van der Waals surface area contributed by atoms with Crippen molar-refractivity contribution in [3.8, 4) is 0 Å². The van der Waals surface area contributed by atoms with E-state index in [2.05, 4.69) is 0 Å². The first-order valence-electron chi connectivity index (χ1n) is 3.66. The Morgan fingerprint density at radius 2 is 1.83 bits per heavy atom. The molecule has 0 bridgehead atoms. The summed E-state index contributed by atoms with van der Waals surface area (Å²) in [5.74, 6) is -0.196. The van der Waals surface area contributed by atoms with Crippen LogP contribution in [0.25, 0.3) is 0 Å². The molecule has 0 aliphatic heterocycles. The van der Waals surface area contributed by atoms with Crippen LogP contribution in [0.15, 0.2) is 24.0 Å². The van der Waals surface area contributed by atoms with Gasteiger partial charge < -0.3 is 14.2 Å². The quantitative estimate of drug-likeness (QED) is 0.596. The van der Waals surface area contributed by atoms with E-state index in [1.54, 1.807) is 27.4 Å². The molecule has 0 atom stereocenters. The molecule has 0 spiro atoms. The maximum atomic E-state index is 5.21. The predicted octanol–water partition coefficient (Wildman–Crippen LogP) is 1.28. The SMILES string of the molecule is COC1=C[CH]C=CC1(OC)OC. The van der Waals surface area contributed by atoms with Gasteiger partial charge in [-0.15, -0.1) is 0 Å². The molecule has 1 radical (unpaired) electrons. The van der Waals surface area contributed by atoms with Gasteiger partial charge >= 0.3 is 0 Å². The van der Waals surface area contributed by atoms with Gasteiger partial charge in [-0.1, -0.05) is 6.08 Å². The Kier molecular flexibility index (Phi) is 2.89. The minimum Gasteiger partial charge on any atom is -0.495 e. The summed E-state index contributed by atoms with van der Waals surface area (Å²) in [6, 6.07) is 0. The van der Waals surface area contributed by atoms with Crippen molar-refractivity contribution in [1.29, 1.82) is 0 Å². The van der Waals surface area contributed by atoms with Gasteiger partial charge in [0.2, 0.25) is 5.79 Å². The molecule has 0 N–H and O–H groups in total. The molecular formula is C9H13O3. The van der Waals surface area contributed by atoms with E-state index in [0.717, 1.165) is 0 Å². The van der Waals surface area contributed by atoms with Gasteiger partial charge in [-0.3, -0.25) is 0 Å². The van der Waals surface area contributed by atoms with E-state index < -0.39 is 5.79 Å². The predicted molar refractivity (Wildman–Crippen MR) is 45.3 cm³/mol. The topological polar surface area (TPSA) is 27.7 Å². The van der Waals surface area contributed by atoms with E-state index in [9.17, 15) is 0 Å². The number of ether oxygens (including phenoxy) is 3. The lowest BCUT2D eigenvalue weighted by Crippen LogP contribution is -2.35. The minimum atomic E-state index is -0.844. The Balaban J connectivity index is 2.89. The molecule has 67 valence electrons. The number of methoxy groups -OCH3 is 3. The van der Waals surface area contributed by atoms with Crippen molar-refractivity contribution in [2.24, 2.45) is 0 Å². The Morgan fingerprint density at radius 3 is 2.25 bits per heavy atom. The number of allylic oxidation sites excluding steroid dienone is 2. The van der Waals surface area contributed by atoms with Crippen molar-refractivity contribution in [1.82, 2.24) is 0 Å². The van der Waals surface area contributed by atoms with Gasteiger partial charge in [-0.05, 0) is 12.2 Å². The van der Waals surface area contributed by atoms with E-state index >= 15 is 0 Å². The fraction of sp³-hybridized carbons (Fsp3) is 0.444. The van der Waals surface area contributed by atoms with Crippen LogP contribution in [0.2, 0.25) is 0 Å². The van der Waals surface area contributed by atoms with Crippen LogP contribution < -0.4 is 0 Å². The molecule has 1 aliphatic rings. The maximum Gasteiger partial charge on any atom is 0.247 e. The molecule has 1 rings (SSSR count). The maximum absolute atomic E-state index is 5.21. The highest BCUT2D eigenvalue weighted by molar-refractivity contribution is 5.29. The lowest BCUT2D eigenvalue weighted by Gasteiger charge is -2.30. The van der Waals surface area contributed by atoms with E-state index in [1.807, 2.05) is 18.6 Å². The largest absolute Gasteiger partial charge is 0.495 e. The molecule has 1 aliphatic carbocycles. The summed E-state index contributed by atoms with van der Waals surface area (Å²) in [4.78, 5) is 0. The first-order valence-corrected chi connectivity index (χ1v) is 3.66. The van der Waals surface area contributed by atoms with Gasteiger partial charge in [0.05, 0.1) is 7.11 Å². The zero-order chi connectivity index (χ0) is 9.03. The highest BCUT2D eigenvalue weighted by atomic mass is 16.7. The van der Waals surface area contributed by atoms with Crippen molar-refractivity contribution < 1.29 is 14.2 Å². The van der Waals surface area contributed by atoms with Crippen LogP contribution in [-0.2, 0) is 14.2 Å². The van der Waals surface area contributed by atoms with E-state index in [4.69, 9.17) is 14.2 Å². The number of rotatable bonds is 3. The van der Waals surface area contributed by atoms with Crippen LogP contribution >= 0.6 is 0 Å². The normalized spacial score (nSPS) is 20.4. The lowest BCUT2D eigenvalue weighted by atomic mass is 10.1. The zero-order valence-corrected chi connectivity index (χ0v) is 7.53. The van der Waals surface area contributed by atoms with E-state index in [-0.39, 0.29) is 0 Å². The van der Waals surface area contributed by atoms with Crippen molar-refractivity contribution in [3.63, 3.8) is 0 Å². The molecule has 3 heteroatoms. The third-order valence-electron chi connectivity index (χ3n) is 1.84. The summed E-state index contributed by atoms with van der Waals surface area (Å²) in [6.45, 7) is 0. The molecule has 0 saturated heterocycles. The van der Waals surface area contributed by atoms with Crippen LogP contribution in [0.3, 0.4) is 0 Å². The number of hydrogen-bond acceptors (Lipinski definition) is 3. The molecule has 0 unspecified atom stereocenters. The Morgan fingerprint density at radius 1 is 1.17 bits per heavy atom.